The van der Waals surface area contributed by atoms with Crippen molar-refractivity contribution in [3.8, 4) is 0 Å². The number of rotatable bonds is 2. The van der Waals surface area contributed by atoms with Crippen LogP contribution in [0.3, 0.4) is 0 Å². The van der Waals surface area contributed by atoms with Crippen LogP contribution in [0.25, 0.3) is 0 Å². The van der Waals surface area contributed by atoms with Gasteiger partial charge in [0, 0.05) is 6.04 Å². The van der Waals surface area contributed by atoms with E-state index in [1.165, 1.54) is 56.4 Å². The highest BCUT2D eigenvalue weighted by atomic mass is 35.5. The van der Waals surface area contributed by atoms with Crippen LogP contribution < -0.4 is 0 Å². The average Bonchev–Trinajstić information content (AvgIpc) is 2.75. The molecule has 3 nitrogen and oxygen atoms in total. The Bertz CT molecular complexity index is 380. The van der Waals surface area contributed by atoms with Gasteiger partial charge in [0.1, 0.15) is 5.01 Å². The largest absolute Gasteiger partial charge is 0.293 e. The molecule has 2 atom stereocenters. The van der Waals surface area contributed by atoms with Crippen molar-refractivity contribution in [3.63, 3.8) is 0 Å². The molecule has 0 bridgehead atoms. The number of likely N-dealkylation sites (tertiary alicyclic amines) is 1. The van der Waals surface area contributed by atoms with E-state index in [2.05, 4.69) is 15.1 Å². The van der Waals surface area contributed by atoms with Gasteiger partial charge in [0.2, 0.25) is 4.47 Å². The molecule has 0 unspecified atom stereocenters. The molecule has 3 rings (SSSR count). The zero-order chi connectivity index (χ0) is 11.7. The highest BCUT2D eigenvalue weighted by Gasteiger charge is 2.33. The predicted molar refractivity (Wildman–Crippen MR) is 70.3 cm³/mol. The van der Waals surface area contributed by atoms with E-state index in [0.29, 0.717) is 4.47 Å². The lowest BCUT2D eigenvalue weighted by Crippen LogP contribution is -2.46. The van der Waals surface area contributed by atoms with Gasteiger partial charge in [-0.25, -0.2) is 0 Å². The first-order valence-electron chi connectivity index (χ1n) is 6.55. The summed E-state index contributed by atoms with van der Waals surface area (Å²) in [6.07, 6.45) is 8.40. The molecule has 1 aliphatic heterocycles. The summed E-state index contributed by atoms with van der Waals surface area (Å²) < 4.78 is 0.567. The van der Waals surface area contributed by atoms with Crippen molar-refractivity contribution in [2.45, 2.75) is 51.1 Å². The number of hydrogen-bond acceptors (Lipinski definition) is 4. The first kappa shape index (κ1) is 11.9. The van der Waals surface area contributed by atoms with Gasteiger partial charge in [0.15, 0.2) is 0 Å². The van der Waals surface area contributed by atoms with Crippen LogP contribution in [0, 0.1) is 5.92 Å². The summed E-state index contributed by atoms with van der Waals surface area (Å²) in [6.45, 7) is 2.17. The Morgan fingerprint density at radius 3 is 2.82 bits per heavy atom. The van der Waals surface area contributed by atoms with Crippen LogP contribution in [-0.2, 0) is 6.54 Å². The Balaban J connectivity index is 1.68. The van der Waals surface area contributed by atoms with Gasteiger partial charge in [-0.3, -0.25) is 4.90 Å². The van der Waals surface area contributed by atoms with E-state index in [1.807, 2.05) is 0 Å². The Morgan fingerprint density at radius 1 is 1.18 bits per heavy atom. The zero-order valence-corrected chi connectivity index (χ0v) is 11.5. The summed E-state index contributed by atoms with van der Waals surface area (Å²) >= 11 is 7.36. The molecule has 0 spiro atoms. The lowest BCUT2D eigenvalue weighted by Gasteiger charge is -2.43. The van der Waals surface area contributed by atoms with E-state index < -0.39 is 0 Å². The van der Waals surface area contributed by atoms with Crippen LogP contribution in [0.15, 0.2) is 0 Å². The highest BCUT2D eigenvalue weighted by molar-refractivity contribution is 7.15. The van der Waals surface area contributed by atoms with Gasteiger partial charge >= 0.3 is 0 Å². The molecule has 0 aromatic carbocycles. The van der Waals surface area contributed by atoms with Crippen LogP contribution in [0.2, 0.25) is 4.47 Å². The predicted octanol–water partition coefficient (Wildman–Crippen LogP) is 3.35. The SMILES string of the molecule is Clc1nnc(CN2CCC[C@H]3CCCC[C@H]32)s1. The Labute approximate surface area is 111 Å². The first-order chi connectivity index (χ1) is 8.33. The summed E-state index contributed by atoms with van der Waals surface area (Å²) in [6, 6.07) is 0.792. The highest BCUT2D eigenvalue weighted by Crippen LogP contribution is 2.36. The second-order valence-corrected chi connectivity index (χ2v) is 6.82. The van der Waals surface area contributed by atoms with Crippen molar-refractivity contribution in [2.75, 3.05) is 6.54 Å². The summed E-state index contributed by atoms with van der Waals surface area (Å²) in [4.78, 5) is 2.62. The minimum absolute atomic E-state index is 0.567. The van der Waals surface area contributed by atoms with Crippen LogP contribution in [0.5, 0.6) is 0 Å². The number of nitrogens with zero attached hydrogens (tertiary/aromatic N) is 3. The lowest BCUT2D eigenvalue weighted by atomic mass is 9.78. The smallest absolute Gasteiger partial charge is 0.207 e. The number of hydrogen-bond donors (Lipinski definition) is 0. The Morgan fingerprint density at radius 2 is 2.00 bits per heavy atom. The molecule has 0 N–H and O–H groups in total. The summed E-state index contributed by atoms with van der Waals surface area (Å²) in [5.74, 6) is 0.931. The van der Waals surface area contributed by atoms with Crippen molar-refractivity contribution in [2.24, 2.45) is 5.92 Å². The number of aromatic nitrogens is 2. The number of halogens is 1. The molecule has 2 fully saturated rings. The van der Waals surface area contributed by atoms with E-state index in [-0.39, 0.29) is 0 Å². The van der Waals surface area contributed by atoms with Gasteiger partial charge in [-0.05, 0) is 49.7 Å². The van der Waals surface area contributed by atoms with E-state index in [0.717, 1.165) is 23.5 Å². The van der Waals surface area contributed by atoms with Crippen molar-refractivity contribution in [3.05, 3.63) is 9.47 Å². The maximum atomic E-state index is 5.84. The quantitative estimate of drug-likeness (QED) is 0.826. The molecule has 0 radical (unpaired) electrons. The number of piperidine rings is 1. The van der Waals surface area contributed by atoms with Crippen LogP contribution in [-0.4, -0.2) is 27.7 Å². The second-order valence-electron chi connectivity index (χ2n) is 5.17. The van der Waals surface area contributed by atoms with Gasteiger partial charge in [-0.15, -0.1) is 10.2 Å². The van der Waals surface area contributed by atoms with E-state index in [4.69, 9.17) is 11.6 Å². The first-order valence-corrected chi connectivity index (χ1v) is 7.74. The van der Waals surface area contributed by atoms with Crippen LogP contribution in [0.4, 0.5) is 0 Å². The molecule has 94 valence electrons. The fourth-order valence-corrected chi connectivity index (χ4v) is 4.29. The molecular formula is C12H18ClN3S. The zero-order valence-electron chi connectivity index (χ0n) is 9.94. The van der Waals surface area contributed by atoms with Crippen LogP contribution >= 0.6 is 22.9 Å². The maximum Gasteiger partial charge on any atom is 0.207 e. The van der Waals surface area contributed by atoms with Gasteiger partial charge in [0.05, 0.1) is 6.54 Å². The fraction of sp³-hybridized carbons (Fsp3) is 0.833. The molecule has 0 amide bonds. The van der Waals surface area contributed by atoms with Crippen molar-refractivity contribution in [1.82, 2.24) is 15.1 Å². The van der Waals surface area contributed by atoms with Gasteiger partial charge in [-0.2, -0.15) is 0 Å². The molecule has 2 heterocycles. The summed E-state index contributed by atoms with van der Waals surface area (Å²) in [5, 5.41) is 9.11. The number of fused-ring (bicyclic) bond motifs is 1. The summed E-state index contributed by atoms with van der Waals surface area (Å²) in [7, 11) is 0. The Hall–Kier alpha value is -0.190. The third kappa shape index (κ3) is 2.64. The van der Waals surface area contributed by atoms with Crippen molar-refractivity contribution >= 4 is 22.9 Å². The molecule has 1 aromatic heterocycles. The summed E-state index contributed by atoms with van der Waals surface area (Å²) in [5.41, 5.74) is 0. The standard InChI is InChI=1S/C12H18ClN3S/c13-12-15-14-11(17-12)8-16-7-3-5-9-4-1-2-6-10(9)16/h9-10H,1-8H2/t9-,10-/m1/s1. The van der Waals surface area contributed by atoms with Crippen molar-refractivity contribution < 1.29 is 0 Å². The fourth-order valence-electron chi connectivity index (χ4n) is 3.39. The van der Waals surface area contributed by atoms with Gasteiger partial charge < -0.3 is 0 Å². The maximum absolute atomic E-state index is 5.84. The molecule has 5 heteroatoms. The molecule has 1 aromatic rings. The second kappa shape index (κ2) is 5.21. The van der Waals surface area contributed by atoms with Gasteiger partial charge in [0.25, 0.3) is 0 Å². The minimum atomic E-state index is 0.567. The molecule has 1 saturated carbocycles. The van der Waals surface area contributed by atoms with Crippen molar-refractivity contribution in [1.29, 1.82) is 0 Å². The normalized spacial score (nSPS) is 30.2. The monoisotopic (exact) mass is 271 g/mol. The topological polar surface area (TPSA) is 29.0 Å². The van der Waals surface area contributed by atoms with Crippen LogP contribution in [0.1, 0.15) is 43.5 Å². The average molecular weight is 272 g/mol. The lowest BCUT2D eigenvalue weighted by molar-refractivity contribution is 0.0545. The Kier molecular flexibility index (Phi) is 3.64. The molecule has 2 aliphatic rings. The van der Waals surface area contributed by atoms with E-state index in [9.17, 15) is 0 Å². The molecule has 1 saturated heterocycles. The third-order valence-corrected chi connectivity index (χ3v) is 5.14. The molecular weight excluding hydrogens is 254 g/mol. The van der Waals surface area contributed by atoms with E-state index >= 15 is 0 Å². The van der Waals surface area contributed by atoms with E-state index in [1.54, 1.807) is 0 Å². The molecule has 1 aliphatic carbocycles. The molecule has 17 heavy (non-hydrogen) atoms. The van der Waals surface area contributed by atoms with Gasteiger partial charge in [-0.1, -0.05) is 24.2 Å². The minimum Gasteiger partial charge on any atom is -0.293 e. The third-order valence-electron chi connectivity index (χ3n) is 4.14.